The number of halogens is 2. The lowest BCUT2D eigenvalue weighted by Gasteiger charge is -2.60. The minimum absolute atomic E-state index is 0.0792. The van der Waals surface area contributed by atoms with Gasteiger partial charge in [-0.2, -0.15) is 0 Å². The molecule has 0 radical (unpaired) electrons. The molecule has 5 fully saturated rings. The third-order valence-corrected chi connectivity index (χ3v) is 10.5. The molecule has 2 N–H and O–H groups in total. The highest BCUT2D eigenvalue weighted by molar-refractivity contribution is 6.47. The summed E-state index contributed by atoms with van der Waals surface area (Å²) in [4.78, 5) is 27.2. The zero-order valence-corrected chi connectivity index (χ0v) is 24.6. The van der Waals surface area contributed by atoms with Crippen molar-refractivity contribution in [1.82, 2.24) is 10.6 Å². The van der Waals surface area contributed by atoms with Crippen LogP contribution in [0.1, 0.15) is 68.3 Å². The van der Waals surface area contributed by atoms with Crippen LogP contribution in [0.4, 0.5) is 0 Å². The van der Waals surface area contributed by atoms with Crippen molar-refractivity contribution in [2.24, 2.45) is 23.2 Å². The Kier molecular flexibility index (Phi) is 7.95. The summed E-state index contributed by atoms with van der Waals surface area (Å²) in [7, 11) is -0.481. The van der Waals surface area contributed by atoms with Crippen LogP contribution < -0.4 is 10.6 Å². The van der Waals surface area contributed by atoms with Crippen LogP contribution in [0, 0.1) is 23.2 Å². The Labute approximate surface area is 247 Å². The normalized spacial score (nSPS) is 28.1. The van der Waals surface area contributed by atoms with E-state index in [0.717, 1.165) is 31.2 Å². The summed E-state index contributed by atoms with van der Waals surface area (Å²) in [5, 5.41) is 6.86. The molecular formula is C31H37BCl2N2O4. The van der Waals surface area contributed by atoms with Crippen LogP contribution in [0.15, 0.2) is 48.5 Å². The predicted octanol–water partition coefficient (Wildman–Crippen LogP) is 5.89. The number of hydrogen-bond donors (Lipinski definition) is 2. The third-order valence-electron chi connectivity index (χ3n) is 9.97. The van der Waals surface area contributed by atoms with Crippen molar-refractivity contribution < 1.29 is 18.9 Å². The summed E-state index contributed by atoms with van der Waals surface area (Å²) in [6, 6.07) is 13.6. The van der Waals surface area contributed by atoms with E-state index < -0.39 is 19.1 Å². The van der Waals surface area contributed by atoms with Gasteiger partial charge in [0.25, 0.3) is 5.91 Å². The zero-order valence-electron chi connectivity index (χ0n) is 23.1. The third kappa shape index (κ3) is 5.55. The Hall–Kier alpha value is -2.06. The highest BCUT2D eigenvalue weighted by atomic mass is 35.5. The summed E-state index contributed by atoms with van der Waals surface area (Å²) in [6.45, 7) is 4.69. The quantitative estimate of drug-likeness (QED) is 0.362. The predicted molar refractivity (Wildman–Crippen MR) is 157 cm³/mol. The van der Waals surface area contributed by atoms with Crippen LogP contribution in [-0.2, 0) is 20.5 Å². The summed E-state index contributed by atoms with van der Waals surface area (Å²) < 4.78 is 13.1. The van der Waals surface area contributed by atoms with Crippen molar-refractivity contribution >= 4 is 42.1 Å². The van der Waals surface area contributed by atoms with Gasteiger partial charge in [-0.1, -0.05) is 86.6 Å². The number of nitrogens with one attached hydrogen (secondary N) is 2. The van der Waals surface area contributed by atoms with Crippen molar-refractivity contribution in [3.63, 3.8) is 0 Å². The molecule has 0 spiro atoms. The summed E-state index contributed by atoms with van der Waals surface area (Å²) in [5.41, 5.74) is 1.45. The average molecular weight is 583 g/mol. The number of carbonyl (C=O) groups is 2. The van der Waals surface area contributed by atoms with E-state index in [1.807, 2.05) is 30.3 Å². The molecule has 0 aromatic heterocycles. The molecule has 4 saturated carbocycles. The van der Waals surface area contributed by atoms with E-state index in [-0.39, 0.29) is 40.1 Å². The first-order valence-corrected chi connectivity index (χ1v) is 15.4. The second kappa shape index (κ2) is 11.3. The average Bonchev–Trinajstić information content (AvgIpc) is 3.35. The zero-order chi connectivity index (χ0) is 28.0. The summed E-state index contributed by atoms with van der Waals surface area (Å²) in [6.07, 6.45) is 7.05. The Bertz CT molecular complexity index is 1260. The van der Waals surface area contributed by atoms with E-state index in [4.69, 9.17) is 32.5 Å². The Morgan fingerprint density at radius 3 is 2.52 bits per heavy atom. The molecule has 5 aliphatic rings. The molecule has 2 aromatic carbocycles. The highest BCUT2D eigenvalue weighted by Crippen LogP contribution is 2.61. The molecule has 9 heteroatoms. The highest BCUT2D eigenvalue weighted by Gasteiger charge is 2.63. The van der Waals surface area contributed by atoms with E-state index in [9.17, 15) is 9.59 Å². The first-order valence-electron chi connectivity index (χ1n) is 14.6. The molecule has 6 atom stereocenters. The Balaban J connectivity index is 1.20. The minimum Gasteiger partial charge on any atom is -0.404 e. The second-order valence-electron chi connectivity index (χ2n) is 12.7. The summed E-state index contributed by atoms with van der Waals surface area (Å²) in [5.74, 6) is 0.719. The van der Waals surface area contributed by atoms with Gasteiger partial charge in [0.05, 0.1) is 28.7 Å². The topological polar surface area (TPSA) is 76.7 Å². The number of hydrogen-bond acceptors (Lipinski definition) is 4. The lowest BCUT2D eigenvalue weighted by Crippen LogP contribution is -2.59. The van der Waals surface area contributed by atoms with E-state index in [1.165, 1.54) is 18.9 Å². The number of amides is 2. The maximum absolute atomic E-state index is 13.9. The molecule has 1 heterocycles. The van der Waals surface area contributed by atoms with Crippen LogP contribution in [-0.4, -0.2) is 43.1 Å². The van der Waals surface area contributed by atoms with Crippen LogP contribution in [0.5, 0.6) is 0 Å². The molecule has 40 heavy (non-hydrogen) atoms. The monoisotopic (exact) mass is 582 g/mol. The lowest BCUT2D eigenvalue weighted by atomic mass is 9.47. The van der Waals surface area contributed by atoms with Crippen LogP contribution in [0.2, 0.25) is 10.0 Å². The molecule has 2 bridgehead atoms. The fraction of sp³-hybridized carbons (Fsp3) is 0.548. The van der Waals surface area contributed by atoms with Gasteiger partial charge in [-0.05, 0) is 66.2 Å². The van der Waals surface area contributed by atoms with Crippen LogP contribution in [0.25, 0.3) is 0 Å². The van der Waals surface area contributed by atoms with Gasteiger partial charge in [0, 0.05) is 11.4 Å². The van der Waals surface area contributed by atoms with E-state index in [1.54, 1.807) is 12.1 Å². The first kappa shape index (κ1) is 28.1. The van der Waals surface area contributed by atoms with Crippen molar-refractivity contribution in [2.45, 2.75) is 83.0 Å². The van der Waals surface area contributed by atoms with Gasteiger partial charge < -0.3 is 19.9 Å². The number of benzene rings is 2. The van der Waals surface area contributed by atoms with E-state index >= 15 is 0 Å². The number of carbonyl (C=O) groups excluding carboxylic acids is 2. The first-order chi connectivity index (χ1) is 19.2. The molecule has 6 nitrogen and oxygen atoms in total. The largest absolute Gasteiger partial charge is 0.481 e. The van der Waals surface area contributed by atoms with Gasteiger partial charge in [0.2, 0.25) is 5.91 Å². The minimum atomic E-state index is -0.815. The maximum Gasteiger partial charge on any atom is 0.481 e. The van der Waals surface area contributed by atoms with Crippen molar-refractivity contribution in [2.75, 3.05) is 0 Å². The lowest BCUT2D eigenvalue weighted by molar-refractivity contribution is -0.150. The van der Waals surface area contributed by atoms with Crippen molar-refractivity contribution in [1.29, 1.82) is 0 Å². The van der Waals surface area contributed by atoms with Gasteiger partial charge in [-0.3, -0.25) is 9.59 Å². The molecule has 2 amide bonds. The molecular weight excluding hydrogens is 546 g/mol. The molecule has 212 valence electrons. The molecule has 1 saturated heterocycles. The molecule has 1 unspecified atom stereocenters. The second-order valence-corrected chi connectivity index (χ2v) is 13.6. The van der Waals surface area contributed by atoms with Crippen molar-refractivity contribution in [3.05, 3.63) is 69.7 Å². The standard InChI is InChI=1S/C31H37BCl2N2O4/c1-31(2)20-15-23(31)28-26(16-20)39-32(40-28)27(14-19-9-6-10-19)36-30(38)25(13-18-7-4-3-5-8-18)35-29(37)22-17-21(33)11-12-24(22)34/h3-5,7-8,11-12,17,19-20,23,25-28H,6,9-10,13-16H2,1-2H3,(H,35,37)(H,36,38)/t20-,23+,25-,26+,27-,28?/m0/s1. The Morgan fingerprint density at radius 2 is 1.82 bits per heavy atom. The molecule has 2 aromatic rings. The molecule has 1 aliphatic heterocycles. The smallest absolute Gasteiger partial charge is 0.404 e. The summed E-state index contributed by atoms with van der Waals surface area (Å²) >= 11 is 12.4. The van der Waals surface area contributed by atoms with Gasteiger partial charge in [-0.25, -0.2) is 0 Å². The van der Waals surface area contributed by atoms with Gasteiger partial charge >= 0.3 is 7.12 Å². The Morgan fingerprint density at radius 1 is 1.05 bits per heavy atom. The SMILES string of the molecule is CC1(C)[C@H]2C[C@@H]1C1OB([C@H](CC3CCC3)NC(=O)[C@H](Cc3ccccc3)NC(=O)c3cc(Cl)ccc3Cl)O[C@@H]1C2. The van der Waals surface area contributed by atoms with E-state index in [2.05, 4.69) is 24.5 Å². The fourth-order valence-electron chi connectivity index (χ4n) is 7.13. The van der Waals surface area contributed by atoms with Gasteiger partial charge in [-0.15, -0.1) is 0 Å². The number of rotatable bonds is 9. The fourth-order valence-corrected chi connectivity index (χ4v) is 7.50. The van der Waals surface area contributed by atoms with Gasteiger partial charge in [0.15, 0.2) is 0 Å². The maximum atomic E-state index is 13.9. The van der Waals surface area contributed by atoms with Crippen molar-refractivity contribution in [3.8, 4) is 0 Å². The molecule has 7 rings (SSSR count). The van der Waals surface area contributed by atoms with Crippen LogP contribution in [0.3, 0.4) is 0 Å². The molecule has 4 aliphatic carbocycles. The van der Waals surface area contributed by atoms with Crippen LogP contribution >= 0.6 is 23.2 Å². The van der Waals surface area contributed by atoms with Gasteiger partial charge in [0.1, 0.15) is 6.04 Å². The van der Waals surface area contributed by atoms with E-state index in [0.29, 0.717) is 29.2 Å².